The molecule has 0 bridgehead atoms. The summed E-state index contributed by atoms with van der Waals surface area (Å²) in [5, 5.41) is 2.83. The minimum atomic E-state index is -0.102. The Morgan fingerprint density at radius 1 is 1.39 bits per heavy atom. The first-order valence-corrected chi connectivity index (χ1v) is 5.94. The predicted molar refractivity (Wildman–Crippen MR) is 68.9 cm³/mol. The summed E-state index contributed by atoms with van der Waals surface area (Å²) in [5.74, 6) is 0.431. The second kappa shape index (κ2) is 5.68. The van der Waals surface area contributed by atoms with Gasteiger partial charge < -0.3 is 19.9 Å². The first-order valence-electron chi connectivity index (χ1n) is 5.94. The van der Waals surface area contributed by atoms with E-state index >= 15 is 0 Å². The molecule has 2 rings (SSSR count). The number of anilines is 1. The lowest BCUT2D eigenvalue weighted by atomic mass is 10.3. The Morgan fingerprint density at radius 3 is 2.78 bits per heavy atom. The summed E-state index contributed by atoms with van der Waals surface area (Å²) in [6, 6.07) is 3.44. The maximum Gasteiger partial charge on any atom is 0.322 e. The third-order valence-corrected chi connectivity index (χ3v) is 3.00. The van der Waals surface area contributed by atoms with Crippen molar-refractivity contribution in [1.29, 1.82) is 0 Å². The smallest absolute Gasteiger partial charge is 0.322 e. The number of amides is 2. The molecule has 0 radical (unpaired) electrons. The Kier molecular flexibility index (Phi) is 3.99. The number of piperazine rings is 1. The molecule has 0 aliphatic carbocycles. The van der Waals surface area contributed by atoms with Gasteiger partial charge in [-0.05, 0) is 19.2 Å². The van der Waals surface area contributed by atoms with E-state index in [2.05, 4.69) is 22.2 Å². The lowest BCUT2D eigenvalue weighted by molar-refractivity contribution is 0.164. The van der Waals surface area contributed by atoms with E-state index in [0.717, 1.165) is 26.2 Å². The molecule has 0 unspecified atom stereocenters. The number of urea groups is 1. The van der Waals surface area contributed by atoms with Crippen molar-refractivity contribution in [1.82, 2.24) is 14.8 Å². The topological polar surface area (TPSA) is 57.7 Å². The van der Waals surface area contributed by atoms with Crippen molar-refractivity contribution in [2.75, 3.05) is 45.7 Å². The molecule has 2 heterocycles. The molecule has 6 nitrogen and oxygen atoms in total. The van der Waals surface area contributed by atoms with Crippen molar-refractivity contribution in [2.24, 2.45) is 0 Å². The number of carbonyl (C=O) groups excluding carboxylic acids is 1. The number of aromatic nitrogens is 1. The summed E-state index contributed by atoms with van der Waals surface area (Å²) in [6.07, 6.45) is 1.63. The molecular weight excluding hydrogens is 232 g/mol. The fourth-order valence-electron chi connectivity index (χ4n) is 1.85. The van der Waals surface area contributed by atoms with Crippen molar-refractivity contribution >= 4 is 11.7 Å². The number of likely N-dealkylation sites (N-methyl/N-ethyl adjacent to an activating group) is 1. The summed E-state index contributed by atoms with van der Waals surface area (Å²) >= 11 is 0. The average molecular weight is 250 g/mol. The fourth-order valence-corrected chi connectivity index (χ4v) is 1.85. The van der Waals surface area contributed by atoms with Crippen LogP contribution in [0.2, 0.25) is 0 Å². The minimum Gasteiger partial charge on any atom is -0.480 e. The Morgan fingerprint density at radius 2 is 2.11 bits per heavy atom. The van der Waals surface area contributed by atoms with Crippen LogP contribution in [0, 0.1) is 0 Å². The summed E-state index contributed by atoms with van der Waals surface area (Å²) in [4.78, 5) is 20.1. The van der Waals surface area contributed by atoms with Gasteiger partial charge >= 0.3 is 6.03 Å². The summed E-state index contributed by atoms with van der Waals surface area (Å²) < 4.78 is 5.10. The molecule has 98 valence electrons. The van der Waals surface area contributed by atoms with Crippen LogP contribution in [-0.2, 0) is 0 Å². The molecule has 1 aliphatic rings. The number of nitrogens with zero attached hydrogens (tertiary/aromatic N) is 3. The molecule has 1 N–H and O–H groups in total. The van der Waals surface area contributed by atoms with Crippen LogP contribution in [0.15, 0.2) is 18.3 Å². The van der Waals surface area contributed by atoms with Crippen LogP contribution in [0.25, 0.3) is 0 Å². The molecule has 1 fully saturated rings. The fraction of sp³-hybridized carbons (Fsp3) is 0.500. The quantitative estimate of drug-likeness (QED) is 0.846. The van der Waals surface area contributed by atoms with Gasteiger partial charge in [0.1, 0.15) is 5.69 Å². The van der Waals surface area contributed by atoms with Crippen LogP contribution in [0.1, 0.15) is 0 Å². The Balaban J connectivity index is 1.98. The first-order chi connectivity index (χ1) is 8.70. The number of ether oxygens (including phenoxy) is 1. The predicted octanol–water partition coefficient (Wildman–Crippen LogP) is 0.869. The Labute approximate surface area is 107 Å². The molecule has 18 heavy (non-hydrogen) atoms. The highest BCUT2D eigenvalue weighted by molar-refractivity contribution is 5.90. The number of pyridine rings is 1. The van der Waals surface area contributed by atoms with Gasteiger partial charge in [-0.2, -0.15) is 0 Å². The van der Waals surface area contributed by atoms with Gasteiger partial charge in [-0.15, -0.1) is 0 Å². The molecule has 1 saturated heterocycles. The van der Waals surface area contributed by atoms with Crippen LogP contribution in [0.3, 0.4) is 0 Å². The maximum atomic E-state index is 12.1. The standard InChI is InChI=1S/C12H18N4O2/c1-15-6-8-16(9-7-15)12(17)14-10-4-3-5-13-11(10)18-2/h3-5H,6-9H2,1-2H3,(H,14,17). The highest BCUT2D eigenvalue weighted by Gasteiger charge is 2.19. The number of methoxy groups -OCH3 is 1. The lowest BCUT2D eigenvalue weighted by Crippen LogP contribution is -2.48. The number of carbonyl (C=O) groups is 1. The first kappa shape index (κ1) is 12.6. The molecule has 6 heteroatoms. The number of nitrogens with one attached hydrogen (secondary N) is 1. The molecule has 1 aliphatic heterocycles. The summed E-state index contributed by atoms with van der Waals surface area (Å²) in [7, 11) is 3.59. The van der Waals surface area contributed by atoms with Crippen molar-refractivity contribution in [3.05, 3.63) is 18.3 Å². The van der Waals surface area contributed by atoms with E-state index in [1.165, 1.54) is 7.11 Å². The van der Waals surface area contributed by atoms with E-state index in [-0.39, 0.29) is 6.03 Å². The van der Waals surface area contributed by atoms with Crippen molar-refractivity contribution in [3.63, 3.8) is 0 Å². The van der Waals surface area contributed by atoms with Crippen molar-refractivity contribution in [2.45, 2.75) is 0 Å². The van der Waals surface area contributed by atoms with Gasteiger partial charge in [0.25, 0.3) is 0 Å². The lowest BCUT2D eigenvalue weighted by Gasteiger charge is -2.32. The molecular formula is C12H18N4O2. The van der Waals surface area contributed by atoms with Gasteiger partial charge in [-0.1, -0.05) is 0 Å². The second-order valence-corrected chi connectivity index (χ2v) is 4.28. The van der Waals surface area contributed by atoms with Gasteiger partial charge in [0, 0.05) is 32.4 Å². The van der Waals surface area contributed by atoms with E-state index in [4.69, 9.17) is 4.74 Å². The van der Waals surface area contributed by atoms with Crippen molar-refractivity contribution < 1.29 is 9.53 Å². The van der Waals surface area contributed by atoms with Crippen LogP contribution in [0.5, 0.6) is 5.88 Å². The van der Waals surface area contributed by atoms with E-state index in [1.807, 2.05) is 0 Å². The second-order valence-electron chi connectivity index (χ2n) is 4.28. The molecule has 1 aromatic heterocycles. The molecule has 0 saturated carbocycles. The highest BCUT2D eigenvalue weighted by atomic mass is 16.5. The monoisotopic (exact) mass is 250 g/mol. The zero-order valence-corrected chi connectivity index (χ0v) is 10.7. The highest BCUT2D eigenvalue weighted by Crippen LogP contribution is 2.20. The molecule has 0 aromatic carbocycles. The van der Waals surface area contributed by atoms with Crippen LogP contribution in [-0.4, -0.2) is 61.2 Å². The zero-order valence-electron chi connectivity index (χ0n) is 10.7. The van der Waals surface area contributed by atoms with Gasteiger partial charge in [0.05, 0.1) is 7.11 Å². The van der Waals surface area contributed by atoms with Gasteiger partial charge in [-0.3, -0.25) is 0 Å². The maximum absolute atomic E-state index is 12.1. The van der Waals surface area contributed by atoms with Crippen LogP contribution < -0.4 is 10.1 Å². The van der Waals surface area contributed by atoms with E-state index in [1.54, 1.807) is 23.2 Å². The number of hydrogen-bond donors (Lipinski definition) is 1. The minimum absolute atomic E-state index is 0.102. The zero-order chi connectivity index (χ0) is 13.0. The molecule has 2 amide bonds. The number of hydrogen-bond acceptors (Lipinski definition) is 4. The molecule has 0 atom stereocenters. The summed E-state index contributed by atoms with van der Waals surface area (Å²) in [6.45, 7) is 3.28. The van der Waals surface area contributed by atoms with E-state index < -0.39 is 0 Å². The largest absolute Gasteiger partial charge is 0.480 e. The van der Waals surface area contributed by atoms with E-state index in [0.29, 0.717) is 11.6 Å². The van der Waals surface area contributed by atoms with Gasteiger partial charge in [0.2, 0.25) is 5.88 Å². The Bertz CT molecular complexity index is 416. The molecule has 1 aromatic rings. The van der Waals surface area contributed by atoms with Gasteiger partial charge in [0.15, 0.2) is 0 Å². The van der Waals surface area contributed by atoms with Gasteiger partial charge in [-0.25, -0.2) is 9.78 Å². The SMILES string of the molecule is COc1ncccc1NC(=O)N1CCN(C)CC1. The number of rotatable bonds is 2. The Hall–Kier alpha value is -1.82. The van der Waals surface area contributed by atoms with Crippen LogP contribution >= 0.6 is 0 Å². The normalized spacial score (nSPS) is 16.4. The average Bonchev–Trinajstić information content (AvgIpc) is 2.40. The third kappa shape index (κ3) is 2.89. The summed E-state index contributed by atoms with van der Waals surface area (Å²) in [5.41, 5.74) is 0.601. The third-order valence-electron chi connectivity index (χ3n) is 3.00. The van der Waals surface area contributed by atoms with Crippen molar-refractivity contribution in [3.8, 4) is 5.88 Å². The molecule has 0 spiro atoms. The van der Waals surface area contributed by atoms with E-state index in [9.17, 15) is 4.79 Å². The van der Waals surface area contributed by atoms with Crippen LogP contribution in [0.4, 0.5) is 10.5 Å².